The van der Waals surface area contributed by atoms with Gasteiger partial charge in [-0.2, -0.15) is 4.31 Å². The minimum absolute atomic E-state index is 0.184. The number of amides is 1. The molecule has 1 fully saturated rings. The van der Waals surface area contributed by atoms with Gasteiger partial charge in [-0.1, -0.05) is 25.0 Å². The summed E-state index contributed by atoms with van der Waals surface area (Å²) in [6.45, 7) is 0.735. The quantitative estimate of drug-likeness (QED) is 0.564. The van der Waals surface area contributed by atoms with Crippen molar-refractivity contribution in [2.75, 3.05) is 25.0 Å². The molecule has 1 saturated heterocycles. The van der Waals surface area contributed by atoms with Crippen LogP contribution in [0, 0.1) is 5.92 Å². The molecule has 1 amide bonds. The normalized spacial score (nSPS) is 20.6. The summed E-state index contributed by atoms with van der Waals surface area (Å²) < 4.78 is 32.2. The Morgan fingerprint density at radius 3 is 2.34 bits per heavy atom. The molecule has 2 aliphatic rings. The van der Waals surface area contributed by atoms with Gasteiger partial charge in [0.1, 0.15) is 0 Å². The lowest BCUT2D eigenvalue weighted by atomic mass is 9.95. The number of hydrogen-bond donors (Lipinski definition) is 1. The molecule has 0 saturated carbocycles. The van der Waals surface area contributed by atoms with Gasteiger partial charge in [0, 0.05) is 18.8 Å². The molecular weight excluding hydrogens is 392 g/mol. The molecule has 1 aromatic rings. The van der Waals surface area contributed by atoms with Crippen molar-refractivity contribution in [2.24, 2.45) is 5.92 Å². The summed E-state index contributed by atoms with van der Waals surface area (Å²) in [6.07, 6.45) is 10.1. The lowest BCUT2D eigenvalue weighted by Crippen LogP contribution is -2.31. The molecule has 0 spiro atoms. The van der Waals surface area contributed by atoms with Crippen LogP contribution in [0.15, 0.2) is 41.3 Å². The van der Waals surface area contributed by atoms with Gasteiger partial charge in [0.2, 0.25) is 10.0 Å². The van der Waals surface area contributed by atoms with Crippen molar-refractivity contribution in [3.63, 3.8) is 0 Å². The van der Waals surface area contributed by atoms with E-state index in [0.717, 1.165) is 38.5 Å². The minimum atomic E-state index is -3.52. The highest BCUT2D eigenvalue weighted by atomic mass is 32.2. The van der Waals surface area contributed by atoms with Crippen molar-refractivity contribution in [3.05, 3.63) is 36.4 Å². The number of nitrogens with zero attached hydrogens (tertiary/aromatic N) is 1. The van der Waals surface area contributed by atoms with E-state index in [4.69, 9.17) is 4.74 Å². The van der Waals surface area contributed by atoms with E-state index in [2.05, 4.69) is 5.32 Å². The van der Waals surface area contributed by atoms with Crippen LogP contribution in [0.4, 0.5) is 5.69 Å². The number of anilines is 1. The molecule has 1 aliphatic heterocycles. The second kappa shape index (κ2) is 10.0. The highest BCUT2D eigenvalue weighted by Crippen LogP contribution is 2.22. The smallest absolute Gasteiger partial charge is 0.309 e. The zero-order chi connectivity index (χ0) is 20.7. The molecule has 1 heterocycles. The van der Waals surface area contributed by atoms with E-state index in [0.29, 0.717) is 25.2 Å². The number of esters is 1. The fourth-order valence-electron chi connectivity index (χ4n) is 3.60. The molecule has 3 rings (SSSR count). The Morgan fingerprint density at radius 1 is 1.03 bits per heavy atom. The summed E-state index contributed by atoms with van der Waals surface area (Å²) in [7, 11) is -3.52. The molecule has 0 aromatic heterocycles. The first-order valence-electron chi connectivity index (χ1n) is 10.2. The largest absolute Gasteiger partial charge is 0.455 e. The third-order valence-corrected chi connectivity index (χ3v) is 7.20. The first-order valence-corrected chi connectivity index (χ1v) is 11.6. The first-order chi connectivity index (χ1) is 14.0. The number of allylic oxidation sites excluding steroid dienone is 2. The Balaban J connectivity index is 1.52. The highest BCUT2D eigenvalue weighted by molar-refractivity contribution is 7.89. The van der Waals surface area contributed by atoms with Gasteiger partial charge in [-0.05, 0) is 56.4 Å². The lowest BCUT2D eigenvalue weighted by molar-refractivity contribution is -0.151. The highest BCUT2D eigenvalue weighted by Gasteiger charge is 2.25. The third kappa shape index (κ3) is 5.90. The van der Waals surface area contributed by atoms with Crippen molar-refractivity contribution in [1.29, 1.82) is 0 Å². The number of nitrogens with one attached hydrogen (secondary N) is 1. The van der Waals surface area contributed by atoms with Gasteiger partial charge in [0.25, 0.3) is 5.91 Å². The number of benzene rings is 1. The van der Waals surface area contributed by atoms with Crippen LogP contribution in [-0.2, 0) is 24.3 Å². The molecule has 7 nitrogen and oxygen atoms in total. The number of rotatable bonds is 6. The third-order valence-electron chi connectivity index (χ3n) is 5.29. The molecule has 0 radical (unpaired) electrons. The maximum atomic E-state index is 12.8. The SMILES string of the molecule is O=C(COC(=O)[C@@H]1CC=CCC1)Nc1ccc(S(=O)(=O)N2CCCCCC2)cc1. The fraction of sp³-hybridized carbons (Fsp3) is 0.524. The van der Waals surface area contributed by atoms with Crippen LogP contribution in [0.5, 0.6) is 0 Å². The predicted molar refractivity (Wildman–Crippen MR) is 110 cm³/mol. The van der Waals surface area contributed by atoms with Crippen molar-refractivity contribution in [1.82, 2.24) is 4.31 Å². The van der Waals surface area contributed by atoms with Crippen LogP contribution in [0.2, 0.25) is 0 Å². The molecule has 8 heteroatoms. The van der Waals surface area contributed by atoms with E-state index < -0.39 is 15.9 Å². The molecule has 0 bridgehead atoms. The second-order valence-corrected chi connectivity index (χ2v) is 9.42. The van der Waals surface area contributed by atoms with E-state index in [-0.39, 0.29) is 23.4 Å². The van der Waals surface area contributed by atoms with E-state index in [9.17, 15) is 18.0 Å². The van der Waals surface area contributed by atoms with Crippen molar-refractivity contribution >= 4 is 27.6 Å². The van der Waals surface area contributed by atoms with Crippen LogP contribution >= 0.6 is 0 Å². The number of ether oxygens (including phenoxy) is 1. The molecule has 1 N–H and O–H groups in total. The van der Waals surface area contributed by atoms with Gasteiger partial charge in [-0.15, -0.1) is 0 Å². The van der Waals surface area contributed by atoms with Crippen molar-refractivity contribution < 1.29 is 22.7 Å². The molecule has 1 aromatic carbocycles. The van der Waals surface area contributed by atoms with Crippen LogP contribution in [-0.4, -0.2) is 44.3 Å². The summed E-state index contributed by atoms with van der Waals surface area (Å²) in [5, 5.41) is 2.63. The topological polar surface area (TPSA) is 92.8 Å². The Labute approximate surface area is 172 Å². The number of sulfonamides is 1. The Kier molecular flexibility index (Phi) is 7.44. The molecule has 0 unspecified atom stereocenters. The predicted octanol–water partition coefficient (Wildman–Crippen LogP) is 3.09. The summed E-state index contributed by atoms with van der Waals surface area (Å²) in [5.74, 6) is -0.993. The lowest BCUT2D eigenvalue weighted by Gasteiger charge is -2.20. The summed E-state index contributed by atoms with van der Waals surface area (Å²) in [4.78, 5) is 24.2. The molecule has 1 aliphatic carbocycles. The monoisotopic (exact) mass is 420 g/mol. The average molecular weight is 421 g/mol. The fourth-order valence-corrected chi connectivity index (χ4v) is 5.12. The molecule has 29 heavy (non-hydrogen) atoms. The average Bonchev–Trinajstić information content (AvgIpc) is 3.03. The number of hydrogen-bond acceptors (Lipinski definition) is 5. The van der Waals surface area contributed by atoms with Crippen LogP contribution < -0.4 is 5.32 Å². The van der Waals surface area contributed by atoms with Gasteiger partial charge in [0.05, 0.1) is 10.8 Å². The molecular formula is C21H28N2O5S. The molecule has 158 valence electrons. The zero-order valence-electron chi connectivity index (χ0n) is 16.5. The Bertz CT molecular complexity index is 840. The summed E-state index contributed by atoms with van der Waals surface area (Å²) >= 11 is 0. The Morgan fingerprint density at radius 2 is 1.72 bits per heavy atom. The van der Waals surface area contributed by atoms with Crippen LogP contribution in [0.3, 0.4) is 0 Å². The van der Waals surface area contributed by atoms with Crippen molar-refractivity contribution in [3.8, 4) is 0 Å². The second-order valence-electron chi connectivity index (χ2n) is 7.48. The zero-order valence-corrected chi connectivity index (χ0v) is 17.3. The van der Waals surface area contributed by atoms with Gasteiger partial charge in [-0.25, -0.2) is 8.42 Å². The summed E-state index contributed by atoms with van der Waals surface area (Å²) in [5.41, 5.74) is 0.460. The summed E-state index contributed by atoms with van der Waals surface area (Å²) in [6, 6.07) is 6.10. The van der Waals surface area contributed by atoms with Crippen molar-refractivity contribution in [2.45, 2.75) is 49.8 Å². The van der Waals surface area contributed by atoms with E-state index in [1.54, 1.807) is 12.1 Å². The van der Waals surface area contributed by atoms with E-state index >= 15 is 0 Å². The Hall–Kier alpha value is -2.19. The first kappa shape index (κ1) is 21.5. The number of carbonyl (C=O) groups is 2. The van der Waals surface area contributed by atoms with Gasteiger partial charge >= 0.3 is 5.97 Å². The van der Waals surface area contributed by atoms with Crippen LogP contribution in [0.1, 0.15) is 44.9 Å². The maximum absolute atomic E-state index is 12.8. The molecule has 1 atom stereocenters. The standard InChI is InChI=1S/C21H28N2O5S/c24-20(16-28-21(25)17-8-4-3-5-9-17)22-18-10-12-19(13-11-18)29(26,27)23-14-6-1-2-7-15-23/h3-4,10-13,17H,1-2,5-9,14-16H2,(H,22,24)/t17-/m1/s1. The van der Waals surface area contributed by atoms with E-state index in [1.165, 1.54) is 16.4 Å². The maximum Gasteiger partial charge on any atom is 0.309 e. The van der Waals surface area contributed by atoms with Gasteiger partial charge < -0.3 is 10.1 Å². The van der Waals surface area contributed by atoms with Gasteiger partial charge in [0.15, 0.2) is 6.61 Å². The van der Waals surface area contributed by atoms with E-state index in [1.807, 2.05) is 12.2 Å². The van der Waals surface area contributed by atoms with Gasteiger partial charge in [-0.3, -0.25) is 9.59 Å². The number of carbonyl (C=O) groups excluding carboxylic acids is 2. The minimum Gasteiger partial charge on any atom is -0.455 e. The van der Waals surface area contributed by atoms with Crippen LogP contribution in [0.25, 0.3) is 0 Å².